The summed E-state index contributed by atoms with van der Waals surface area (Å²) in [4.78, 5) is 16.8. The SMILES string of the molecule is COCCN1C(C)(C)CC(Oc2ncc(C3CCC(O)CC3)c3nc(N[C@@H](C)CC#N)ncc23)CC1(C)C. The van der Waals surface area contributed by atoms with Crippen LogP contribution in [0, 0.1) is 11.3 Å². The lowest BCUT2D eigenvalue weighted by molar-refractivity contribution is -0.0815. The number of rotatable bonds is 9. The Balaban J connectivity index is 1.65. The third-order valence-corrected chi connectivity index (χ3v) is 8.24. The summed E-state index contributed by atoms with van der Waals surface area (Å²) in [5, 5.41) is 23.2. The minimum atomic E-state index is -0.228. The van der Waals surface area contributed by atoms with Crippen LogP contribution < -0.4 is 10.1 Å². The van der Waals surface area contributed by atoms with E-state index in [4.69, 9.17) is 24.7 Å². The zero-order valence-electron chi connectivity index (χ0n) is 23.8. The number of nitrogens with one attached hydrogen (secondary N) is 1. The Bertz CT molecular complexity index is 1120. The molecule has 0 unspecified atom stereocenters. The summed E-state index contributed by atoms with van der Waals surface area (Å²) in [7, 11) is 1.75. The summed E-state index contributed by atoms with van der Waals surface area (Å²) in [5.74, 6) is 1.35. The van der Waals surface area contributed by atoms with Crippen LogP contribution in [0.25, 0.3) is 10.9 Å². The number of nitrogens with zero attached hydrogens (tertiary/aromatic N) is 5. The molecule has 208 valence electrons. The smallest absolute Gasteiger partial charge is 0.224 e. The normalized spacial score (nSPS) is 24.6. The van der Waals surface area contributed by atoms with Gasteiger partial charge in [0, 0.05) is 61.6 Å². The maximum atomic E-state index is 10.1. The van der Waals surface area contributed by atoms with Crippen molar-refractivity contribution < 1.29 is 14.6 Å². The highest BCUT2D eigenvalue weighted by molar-refractivity contribution is 5.86. The first-order valence-corrected chi connectivity index (χ1v) is 13.9. The molecule has 2 N–H and O–H groups in total. The molecule has 2 aliphatic rings. The van der Waals surface area contributed by atoms with E-state index in [0.29, 0.717) is 24.9 Å². The topological polar surface area (TPSA) is 116 Å². The summed E-state index contributed by atoms with van der Waals surface area (Å²) in [6.07, 6.45) is 8.97. The van der Waals surface area contributed by atoms with Crippen LogP contribution in [0.4, 0.5) is 5.95 Å². The van der Waals surface area contributed by atoms with E-state index in [-0.39, 0.29) is 35.2 Å². The van der Waals surface area contributed by atoms with Crippen LogP contribution >= 0.6 is 0 Å². The third kappa shape index (κ3) is 6.36. The predicted octanol–water partition coefficient (Wildman–Crippen LogP) is 4.80. The monoisotopic (exact) mass is 524 g/mol. The Morgan fingerprint density at radius 3 is 2.45 bits per heavy atom. The number of ether oxygens (including phenoxy) is 2. The highest BCUT2D eigenvalue weighted by Gasteiger charge is 2.46. The van der Waals surface area contributed by atoms with Gasteiger partial charge in [0.15, 0.2) is 0 Å². The molecular weight excluding hydrogens is 480 g/mol. The largest absolute Gasteiger partial charge is 0.474 e. The van der Waals surface area contributed by atoms with Crippen molar-refractivity contribution in [2.24, 2.45) is 0 Å². The third-order valence-electron chi connectivity index (χ3n) is 8.24. The van der Waals surface area contributed by atoms with Crippen LogP contribution in [0.5, 0.6) is 5.88 Å². The van der Waals surface area contributed by atoms with Gasteiger partial charge in [-0.05, 0) is 66.2 Å². The Morgan fingerprint density at radius 1 is 1.13 bits per heavy atom. The molecule has 1 saturated heterocycles. The molecule has 1 aliphatic carbocycles. The molecule has 9 heteroatoms. The first-order chi connectivity index (χ1) is 18.0. The molecule has 2 aromatic heterocycles. The van der Waals surface area contributed by atoms with Crippen molar-refractivity contribution in [1.82, 2.24) is 19.9 Å². The van der Waals surface area contributed by atoms with Crippen LogP contribution in [0.1, 0.15) is 91.0 Å². The molecule has 0 aromatic carbocycles. The van der Waals surface area contributed by atoms with Crippen LogP contribution in [0.3, 0.4) is 0 Å². The average molecular weight is 525 g/mol. The van der Waals surface area contributed by atoms with Crippen LogP contribution in [0.2, 0.25) is 0 Å². The van der Waals surface area contributed by atoms with E-state index >= 15 is 0 Å². The molecule has 0 amide bonds. The molecule has 1 aliphatic heterocycles. The zero-order valence-corrected chi connectivity index (χ0v) is 23.8. The van der Waals surface area contributed by atoms with Crippen LogP contribution in [-0.4, -0.2) is 74.5 Å². The zero-order chi connectivity index (χ0) is 27.5. The molecular formula is C29H44N6O3. The van der Waals surface area contributed by atoms with Crippen molar-refractivity contribution in [3.05, 3.63) is 18.0 Å². The highest BCUT2D eigenvalue weighted by Crippen LogP contribution is 2.42. The predicted molar refractivity (Wildman–Crippen MR) is 148 cm³/mol. The first kappa shape index (κ1) is 28.5. The van der Waals surface area contributed by atoms with E-state index in [0.717, 1.165) is 61.5 Å². The number of hydrogen-bond acceptors (Lipinski definition) is 9. The fraction of sp³-hybridized carbons (Fsp3) is 0.724. The fourth-order valence-corrected chi connectivity index (χ4v) is 6.53. The average Bonchev–Trinajstić information content (AvgIpc) is 2.83. The Morgan fingerprint density at radius 2 is 1.82 bits per heavy atom. The van der Waals surface area contributed by atoms with Gasteiger partial charge in [0.05, 0.1) is 36.1 Å². The molecule has 0 spiro atoms. The number of aliphatic hydroxyl groups excluding tert-OH is 1. The lowest BCUT2D eigenvalue weighted by Crippen LogP contribution is -2.63. The fourth-order valence-electron chi connectivity index (χ4n) is 6.53. The molecule has 1 saturated carbocycles. The Labute approximate surface area is 227 Å². The number of aromatic nitrogens is 3. The van der Waals surface area contributed by atoms with E-state index in [1.165, 1.54) is 0 Å². The van der Waals surface area contributed by atoms with Crippen molar-refractivity contribution in [3.8, 4) is 11.9 Å². The second-order valence-electron chi connectivity index (χ2n) is 12.3. The molecule has 2 aromatic rings. The van der Waals surface area contributed by atoms with Crippen LogP contribution in [-0.2, 0) is 4.74 Å². The molecule has 0 bridgehead atoms. The lowest BCUT2D eigenvalue weighted by Gasteiger charge is -2.55. The van der Waals surface area contributed by atoms with E-state index < -0.39 is 0 Å². The van der Waals surface area contributed by atoms with Gasteiger partial charge in [-0.15, -0.1) is 0 Å². The summed E-state index contributed by atoms with van der Waals surface area (Å²) < 4.78 is 12.0. The Hall–Kier alpha value is -2.54. The standard InChI is InChI=1S/C29H44N6O3/c1-19(11-12-30)33-27-32-18-24-25(34-27)23(20-7-9-21(36)10-8-20)17-31-26(24)38-22-15-28(2,3)35(13-14-37-6)29(4,5)16-22/h17-22,36H,7-11,13-16H2,1-6H3,(H,32,33,34)/t19-,20?,21?/m0/s1. The molecule has 2 fully saturated rings. The second-order valence-corrected chi connectivity index (χ2v) is 12.3. The van der Waals surface area contributed by atoms with Gasteiger partial charge in [0.25, 0.3) is 0 Å². The van der Waals surface area contributed by atoms with E-state index in [1.54, 1.807) is 13.3 Å². The quantitative estimate of drug-likeness (QED) is 0.477. The van der Waals surface area contributed by atoms with Crippen molar-refractivity contribution >= 4 is 16.9 Å². The molecule has 3 heterocycles. The van der Waals surface area contributed by atoms with Crippen molar-refractivity contribution in [3.63, 3.8) is 0 Å². The molecule has 9 nitrogen and oxygen atoms in total. The molecule has 4 rings (SSSR count). The minimum absolute atomic E-state index is 0.00127. The number of hydrogen-bond donors (Lipinski definition) is 2. The number of anilines is 1. The number of pyridine rings is 1. The summed E-state index contributed by atoms with van der Waals surface area (Å²) in [5.41, 5.74) is 1.80. The highest BCUT2D eigenvalue weighted by atomic mass is 16.5. The lowest BCUT2D eigenvalue weighted by atomic mass is 9.78. The van der Waals surface area contributed by atoms with Gasteiger partial charge in [-0.25, -0.2) is 15.0 Å². The number of piperidine rings is 1. The van der Waals surface area contributed by atoms with Gasteiger partial charge < -0.3 is 19.9 Å². The summed E-state index contributed by atoms with van der Waals surface area (Å²) in [6.45, 7) is 12.6. The van der Waals surface area contributed by atoms with Crippen molar-refractivity contribution in [2.45, 2.75) is 115 Å². The molecule has 0 radical (unpaired) electrons. The van der Waals surface area contributed by atoms with Crippen LogP contribution in [0.15, 0.2) is 12.4 Å². The summed E-state index contributed by atoms with van der Waals surface area (Å²) in [6, 6.07) is 2.13. The Kier molecular flexibility index (Phi) is 8.75. The number of methoxy groups -OCH3 is 1. The first-order valence-electron chi connectivity index (χ1n) is 13.9. The number of fused-ring (bicyclic) bond motifs is 1. The maximum Gasteiger partial charge on any atom is 0.224 e. The van der Waals surface area contributed by atoms with Gasteiger partial charge in [-0.3, -0.25) is 4.90 Å². The minimum Gasteiger partial charge on any atom is -0.474 e. The molecule has 1 atom stereocenters. The van der Waals surface area contributed by atoms with Gasteiger partial charge in [0.2, 0.25) is 11.8 Å². The van der Waals surface area contributed by atoms with Gasteiger partial charge >= 0.3 is 0 Å². The van der Waals surface area contributed by atoms with Crippen molar-refractivity contribution in [1.29, 1.82) is 5.26 Å². The maximum absolute atomic E-state index is 10.1. The summed E-state index contributed by atoms with van der Waals surface area (Å²) >= 11 is 0. The molecule has 38 heavy (non-hydrogen) atoms. The van der Waals surface area contributed by atoms with E-state index in [2.05, 4.69) is 49.0 Å². The van der Waals surface area contributed by atoms with E-state index in [1.807, 2.05) is 13.1 Å². The number of nitriles is 1. The van der Waals surface area contributed by atoms with Crippen molar-refractivity contribution in [2.75, 3.05) is 25.6 Å². The second kappa shape index (κ2) is 11.7. The van der Waals surface area contributed by atoms with E-state index in [9.17, 15) is 5.11 Å². The number of likely N-dealkylation sites (tertiary alicyclic amines) is 1. The van der Waals surface area contributed by atoms with Gasteiger partial charge in [-0.1, -0.05) is 0 Å². The van der Waals surface area contributed by atoms with Gasteiger partial charge in [0.1, 0.15) is 6.10 Å². The van der Waals surface area contributed by atoms with Gasteiger partial charge in [-0.2, -0.15) is 5.26 Å². The number of aliphatic hydroxyl groups is 1.